The summed E-state index contributed by atoms with van der Waals surface area (Å²) in [6.07, 6.45) is 6.06. The molecule has 0 saturated carbocycles. The number of nitrogens with zero attached hydrogens (tertiary/aromatic N) is 2. The molecule has 0 aliphatic heterocycles. The zero-order valence-electron chi connectivity index (χ0n) is 19.0. The van der Waals surface area contributed by atoms with Gasteiger partial charge in [-0.1, -0.05) is 44.7 Å². The van der Waals surface area contributed by atoms with Crippen molar-refractivity contribution in [2.75, 3.05) is 14.2 Å². The molecule has 6 heteroatoms. The molecule has 0 aliphatic carbocycles. The van der Waals surface area contributed by atoms with Crippen molar-refractivity contribution in [3.63, 3.8) is 0 Å². The van der Waals surface area contributed by atoms with Gasteiger partial charge in [0, 0.05) is 12.1 Å². The molecule has 31 heavy (non-hydrogen) atoms. The van der Waals surface area contributed by atoms with Gasteiger partial charge in [0.05, 0.1) is 31.3 Å². The molecule has 0 saturated heterocycles. The van der Waals surface area contributed by atoms with Gasteiger partial charge in [0.15, 0.2) is 11.5 Å². The standard InChI is InChI=1S/C25H33N3O3/c1-5-6-7-8-11-16-28-21-13-10-9-12-20(21)27-24(28)18(2)26-25(29)19-14-15-22(30-3)23(17-19)31-4/h9-10,12-15,17-18H,5-8,11,16H2,1-4H3,(H,26,29). The molecule has 6 nitrogen and oxygen atoms in total. The first-order valence-electron chi connectivity index (χ1n) is 11.1. The second kappa shape index (κ2) is 10.8. The fourth-order valence-corrected chi connectivity index (χ4v) is 3.86. The number of methoxy groups -OCH3 is 2. The van der Waals surface area contributed by atoms with Crippen molar-refractivity contribution in [1.29, 1.82) is 0 Å². The normalized spacial score (nSPS) is 12.0. The first-order chi connectivity index (χ1) is 15.1. The number of aryl methyl sites for hydroxylation is 1. The van der Waals surface area contributed by atoms with Gasteiger partial charge >= 0.3 is 0 Å². The summed E-state index contributed by atoms with van der Waals surface area (Å²) in [7, 11) is 3.14. The predicted molar refractivity (Wildman–Crippen MR) is 124 cm³/mol. The third-order valence-corrected chi connectivity index (χ3v) is 5.55. The molecule has 3 aromatic rings. The predicted octanol–water partition coefficient (Wildman–Crippen LogP) is 5.51. The maximum Gasteiger partial charge on any atom is 0.251 e. The minimum atomic E-state index is -0.233. The van der Waals surface area contributed by atoms with Crippen LogP contribution in [-0.4, -0.2) is 29.7 Å². The summed E-state index contributed by atoms with van der Waals surface area (Å²) in [5, 5.41) is 3.09. The Morgan fingerprint density at radius 3 is 2.52 bits per heavy atom. The van der Waals surface area contributed by atoms with E-state index in [2.05, 4.69) is 22.9 Å². The number of benzene rings is 2. The fraction of sp³-hybridized carbons (Fsp3) is 0.440. The highest BCUT2D eigenvalue weighted by atomic mass is 16.5. The molecular formula is C25H33N3O3. The van der Waals surface area contributed by atoms with Crippen LogP contribution >= 0.6 is 0 Å². The van der Waals surface area contributed by atoms with Crippen molar-refractivity contribution in [3.05, 3.63) is 53.9 Å². The Bertz CT molecular complexity index is 1010. The van der Waals surface area contributed by atoms with Gasteiger partial charge in [-0.3, -0.25) is 4.79 Å². The second-order valence-electron chi connectivity index (χ2n) is 7.79. The third-order valence-electron chi connectivity index (χ3n) is 5.55. The first-order valence-corrected chi connectivity index (χ1v) is 11.1. The Morgan fingerprint density at radius 2 is 1.77 bits per heavy atom. The summed E-state index contributed by atoms with van der Waals surface area (Å²) in [4.78, 5) is 17.7. The van der Waals surface area contributed by atoms with Crippen molar-refractivity contribution >= 4 is 16.9 Å². The van der Waals surface area contributed by atoms with Crippen LogP contribution in [0.4, 0.5) is 0 Å². The molecule has 0 fully saturated rings. The molecule has 2 aromatic carbocycles. The van der Waals surface area contributed by atoms with E-state index in [4.69, 9.17) is 14.5 Å². The third kappa shape index (κ3) is 5.37. The van der Waals surface area contributed by atoms with Crippen LogP contribution < -0.4 is 14.8 Å². The van der Waals surface area contributed by atoms with Crippen molar-refractivity contribution < 1.29 is 14.3 Å². The number of fused-ring (bicyclic) bond motifs is 1. The van der Waals surface area contributed by atoms with Crippen LogP contribution in [0, 0.1) is 0 Å². The summed E-state index contributed by atoms with van der Waals surface area (Å²) in [6, 6.07) is 13.1. The average Bonchev–Trinajstić information content (AvgIpc) is 3.17. The maximum atomic E-state index is 12.9. The molecule has 1 aromatic heterocycles. The molecule has 166 valence electrons. The van der Waals surface area contributed by atoms with Gasteiger partial charge in [0.1, 0.15) is 5.82 Å². The van der Waals surface area contributed by atoms with Crippen LogP contribution in [0.3, 0.4) is 0 Å². The largest absolute Gasteiger partial charge is 0.493 e. The second-order valence-corrected chi connectivity index (χ2v) is 7.79. The number of para-hydroxylation sites is 2. The lowest BCUT2D eigenvalue weighted by molar-refractivity contribution is 0.0937. The minimum absolute atomic E-state index is 0.171. The number of carbonyl (C=O) groups is 1. The Morgan fingerprint density at radius 1 is 1.03 bits per heavy atom. The highest BCUT2D eigenvalue weighted by Crippen LogP contribution is 2.28. The van der Waals surface area contributed by atoms with Gasteiger partial charge in [-0.05, 0) is 43.7 Å². The number of unbranched alkanes of at least 4 members (excludes halogenated alkanes) is 4. The van der Waals surface area contributed by atoms with Gasteiger partial charge in [0.25, 0.3) is 5.91 Å². The number of ether oxygens (including phenoxy) is 2. The zero-order chi connectivity index (χ0) is 22.2. The topological polar surface area (TPSA) is 65.4 Å². The quantitative estimate of drug-likeness (QED) is 0.413. The summed E-state index contributed by atoms with van der Waals surface area (Å²) in [5.41, 5.74) is 2.59. The number of rotatable bonds is 11. The van der Waals surface area contributed by atoms with Gasteiger partial charge in [-0.15, -0.1) is 0 Å². The number of amides is 1. The molecule has 1 amide bonds. The fourth-order valence-electron chi connectivity index (χ4n) is 3.86. The highest BCUT2D eigenvalue weighted by Gasteiger charge is 2.19. The van der Waals surface area contributed by atoms with E-state index in [9.17, 15) is 4.79 Å². The minimum Gasteiger partial charge on any atom is -0.493 e. The lowest BCUT2D eigenvalue weighted by Gasteiger charge is -2.17. The Kier molecular flexibility index (Phi) is 7.93. The lowest BCUT2D eigenvalue weighted by Crippen LogP contribution is -2.28. The summed E-state index contributed by atoms with van der Waals surface area (Å²) >= 11 is 0. The molecule has 1 atom stereocenters. The van der Waals surface area contributed by atoms with Crippen molar-refractivity contribution in [2.45, 2.75) is 58.5 Å². The van der Waals surface area contributed by atoms with Crippen LogP contribution in [0.25, 0.3) is 11.0 Å². The van der Waals surface area contributed by atoms with E-state index in [0.717, 1.165) is 29.8 Å². The summed E-state index contributed by atoms with van der Waals surface area (Å²) in [6.45, 7) is 5.10. The average molecular weight is 424 g/mol. The van der Waals surface area contributed by atoms with Crippen molar-refractivity contribution in [2.24, 2.45) is 0 Å². The monoisotopic (exact) mass is 423 g/mol. The zero-order valence-corrected chi connectivity index (χ0v) is 19.0. The lowest BCUT2D eigenvalue weighted by atomic mass is 10.1. The Labute approximate surface area is 184 Å². The Hall–Kier alpha value is -3.02. The van der Waals surface area contributed by atoms with Gasteiger partial charge in [-0.2, -0.15) is 0 Å². The van der Waals surface area contributed by atoms with E-state index in [1.165, 1.54) is 25.7 Å². The van der Waals surface area contributed by atoms with E-state index in [-0.39, 0.29) is 11.9 Å². The molecule has 0 radical (unpaired) electrons. The van der Waals surface area contributed by atoms with Crippen LogP contribution in [-0.2, 0) is 6.54 Å². The first kappa shape index (κ1) is 22.7. The number of carbonyl (C=O) groups excluding carboxylic acids is 1. The van der Waals surface area contributed by atoms with Gasteiger partial charge < -0.3 is 19.4 Å². The van der Waals surface area contributed by atoms with Crippen molar-refractivity contribution in [3.8, 4) is 11.5 Å². The number of nitrogens with one attached hydrogen (secondary N) is 1. The smallest absolute Gasteiger partial charge is 0.251 e. The molecule has 0 aliphatic rings. The summed E-state index contributed by atoms with van der Waals surface area (Å²) in [5.74, 6) is 1.83. The van der Waals surface area contributed by atoms with Crippen LogP contribution in [0.1, 0.15) is 68.2 Å². The molecule has 0 spiro atoms. The molecular weight excluding hydrogens is 390 g/mol. The van der Waals surface area contributed by atoms with E-state index in [1.807, 2.05) is 25.1 Å². The molecule has 0 bridgehead atoms. The van der Waals surface area contributed by atoms with E-state index >= 15 is 0 Å². The van der Waals surface area contributed by atoms with Crippen LogP contribution in [0.15, 0.2) is 42.5 Å². The van der Waals surface area contributed by atoms with Gasteiger partial charge in [-0.25, -0.2) is 4.98 Å². The van der Waals surface area contributed by atoms with E-state index < -0.39 is 0 Å². The van der Waals surface area contributed by atoms with Crippen LogP contribution in [0.2, 0.25) is 0 Å². The van der Waals surface area contributed by atoms with Crippen molar-refractivity contribution in [1.82, 2.24) is 14.9 Å². The maximum absolute atomic E-state index is 12.9. The molecule has 1 N–H and O–H groups in total. The number of hydrogen-bond donors (Lipinski definition) is 1. The van der Waals surface area contributed by atoms with Crippen LogP contribution in [0.5, 0.6) is 11.5 Å². The number of aromatic nitrogens is 2. The highest BCUT2D eigenvalue weighted by molar-refractivity contribution is 5.95. The number of imidazole rings is 1. The molecule has 3 rings (SSSR count). The number of hydrogen-bond acceptors (Lipinski definition) is 4. The summed E-state index contributed by atoms with van der Waals surface area (Å²) < 4.78 is 12.8. The SMILES string of the molecule is CCCCCCCn1c(C(C)NC(=O)c2ccc(OC)c(OC)c2)nc2ccccc21. The molecule has 1 heterocycles. The van der Waals surface area contributed by atoms with E-state index in [1.54, 1.807) is 32.4 Å². The molecule has 1 unspecified atom stereocenters. The Balaban J connectivity index is 1.79. The van der Waals surface area contributed by atoms with E-state index in [0.29, 0.717) is 17.1 Å². The van der Waals surface area contributed by atoms with Gasteiger partial charge in [0.2, 0.25) is 0 Å².